The quantitative estimate of drug-likeness (QED) is 0.107. The summed E-state index contributed by atoms with van der Waals surface area (Å²) in [6, 6.07) is 10.4. The SMILES string of the molecule is N#Cc1cnc2c(Cl)cc(N[C@H](/C(N)=C/NCCO)c3cnc(Cl)cc3Cl)cc2c1Nc1ccc(F)c(Cl)c1. The molecule has 0 saturated carbocycles. The highest BCUT2D eigenvalue weighted by molar-refractivity contribution is 6.36. The summed E-state index contributed by atoms with van der Waals surface area (Å²) in [6.45, 7) is 0.196. The molecule has 6 N–H and O–H groups in total. The number of aromatic nitrogens is 2. The summed E-state index contributed by atoms with van der Waals surface area (Å²) in [4.78, 5) is 8.47. The first kappa shape index (κ1) is 28.5. The van der Waals surface area contributed by atoms with Crippen molar-refractivity contribution in [3.05, 3.63) is 97.9 Å². The fourth-order valence-electron chi connectivity index (χ4n) is 3.76. The first-order valence-corrected chi connectivity index (χ1v) is 12.8. The molecule has 1 atom stereocenters. The molecule has 0 aliphatic carbocycles. The molecular weight excluding hydrogens is 587 g/mol. The molecule has 2 aromatic heterocycles. The number of fused-ring (bicyclic) bond motifs is 1. The largest absolute Gasteiger partial charge is 0.399 e. The Balaban J connectivity index is 1.82. The minimum absolute atomic E-state index is 0.0781. The Bertz CT molecular complexity index is 1610. The number of halogens is 5. The van der Waals surface area contributed by atoms with Crippen LogP contribution in [0, 0.1) is 17.1 Å². The minimum atomic E-state index is -0.693. The summed E-state index contributed by atoms with van der Waals surface area (Å²) in [7, 11) is 0. The molecule has 0 saturated heterocycles. The van der Waals surface area contributed by atoms with Gasteiger partial charge >= 0.3 is 0 Å². The van der Waals surface area contributed by atoms with E-state index in [1.54, 1.807) is 18.3 Å². The lowest BCUT2D eigenvalue weighted by Gasteiger charge is -2.23. The van der Waals surface area contributed by atoms with Crippen molar-refractivity contribution in [2.24, 2.45) is 5.73 Å². The normalized spacial score (nSPS) is 12.2. The topological polar surface area (TPSA) is 132 Å². The first-order chi connectivity index (χ1) is 18.7. The second kappa shape index (κ2) is 12.6. The third-order valence-electron chi connectivity index (χ3n) is 5.56. The maximum absolute atomic E-state index is 13.7. The fourth-order valence-corrected chi connectivity index (χ4v) is 4.68. The van der Waals surface area contributed by atoms with Crippen LogP contribution in [0.4, 0.5) is 21.5 Å². The molecular formula is C26H20Cl4FN7O. The average molecular weight is 607 g/mol. The van der Waals surface area contributed by atoms with Gasteiger partial charge in [0.1, 0.15) is 17.0 Å². The van der Waals surface area contributed by atoms with Gasteiger partial charge in [0, 0.05) is 47.5 Å². The molecule has 0 aliphatic heterocycles. The third-order valence-corrected chi connectivity index (χ3v) is 6.67. The van der Waals surface area contributed by atoms with Crippen LogP contribution in [0.5, 0.6) is 0 Å². The van der Waals surface area contributed by atoms with Gasteiger partial charge in [-0.1, -0.05) is 46.4 Å². The summed E-state index contributed by atoms with van der Waals surface area (Å²) in [5.74, 6) is -0.572. The van der Waals surface area contributed by atoms with Crippen LogP contribution in [-0.4, -0.2) is 28.2 Å². The molecule has 2 heterocycles. The van der Waals surface area contributed by atoms with Crippen LogP contribution in [-0.2, 0) is 0 Å². The second-order valence-corrected chi connectivity index (χ2v) is 9.80. The van der Waals surface area contributed by atoms with Gasteiger partial charge in [-0.05, 0) is 36.4 Å². The zero-order valence-corrected chi connectivity index (χ0v) is 23.0. The highest BCUT2D eigenvalue weighted by Gasteiger charge is 2.21. The van der Waals surface area contributed by atoms with Crippen molar-refractivity contribution in [2.75, 3.05) is 23.8 Å². The summed E-state index contributed by atoms with van der Waals surface area (Å²) in [6.07, 6.45) is 4.44. The van der Waals surface area contributed by atoms with Crippen LogP contribution in [0.2, 0.25) is 20.2 Å². The zero-order valence-electron chi connectivity index (χ0n) is 19.9. The molecule has 4 aromatic rings. The number of aliphatic hydroxyl groups excluding tert-OH is 1. The van der Waals surface area contributed by atoms with Gasteiger partial charge < -0.3 is 26.8 Å². The Kier molecular flexibility index (Phi) is 9.17. The van der Waals surface area contributed by atoms with Gasteiger partial charge in [0.2, 0.25) is 0 Å². The Morgan fingerprint density at radius 3 is 2.51 bits per heavy atom. The number of nitrogens with zero attached hydrogens (tertiary/aromatic N) is 3. The van der Waals surface area contributed by atoms with Gasteiger partial charge in [-0.25, -0.2) is 9.37 Å². The van der Waals surface area contributed by atoms with E-state index in [9.17, 15) is 9.65 Å². The second-order valence-electron chi connectivity index (χ2n) is 8.19. The number of hydrogen-bond donors (Lipinski definition) is 5. The molecule has 13 heteroatoms. The van der Waals surface area contributed by atoms with Crippen LogP contribution in [0.25, 0.3) is 10.9 Å². The lowest BCUT2D eigenvalue weighted by atomic mass is 10.0. The van der Waals surface area contributed by atoms with Gasteiger partial charge in [0.25, 0.3) is 0 Å². The molecule has 0 bridgehead atoms. The Morgan fingerprint density at radius 1 is 1.05 bits per heavy atom. The van der Waals surface area contributed by atoms with Gasteiger partial charge in [0.15, 0.2) is 0 Å². The molecule has 0 fully saturated rings. The van der Waals surface area contributed by atoms with E-state index in [-0.39, 0.29) is 28.9 Å². The van der Waals surface area contributed by atoms with E-state index in [1.807, 2.05) is 0 Å². The maximum Gasteiger partial charge on any atom is 0.141 e. The molecule has 0 amide bonds. The molecule has 8 nitrogen and oxygen atoms in total. The first-order valence-electron chi connectivity index (χ1n) is 11.3. The summed E-state index contributed by atoms with van der Waals surface area (Å²) < 4.78 is 13.7. The summed E-state index contributed by atoms with van der Waals surface area (Å²) in [5, 5.41) is 29.5. The van der Waals surface area contributed by atoms with Crippen molar-refractivity contribution in [2.45, 2.75) is 6.04 Å². The summed E-state index contributed by atoms with van der Waals surface area (Å²) >= 11 is 25.0. The van der Waals surface area contributed by atoms with Crippen molar-refractivity contribution >= 4 is 74.4 Å². The van der Waals surface area contributed by atoms with E-state index in [0.29, 0.717) is 49.3 Å². The van der Waals surface area contributed by atoms with Gasteiger partial charge in [-0.3, -0.25) is 4.98 Å². The van der Waals surface area contributed by atoms with E-state index in [1.165, 1.54) is 36.7 Å². The van der Waals surface area contributed by atoms with Crippen LogP contribution in [0.1, 0.15) is 17.2 Å². The van der Waals surface area contributed by atoms with E-state index in [4.69, 9.17) is 57.2 Å². The standard InChI is InChI=1S/C26H20Cl4FN7O/c27-18-8-23(30)35-11-17(18)26(22(33)12-34-3-4-39)38-15-5-16-24(37-14-1-2-21(31)19(28)6-14)13(9-32)10-36-25(16)20(29)7-15/h1-2,5-8,10-12,26,34,38-39H,3-4,33H2,(H,36,37)/b22-12-/t26-/m0/s1. The lowest BCUT2D eigenvalue weighted by molar-refractivity contribution is 0.298. The number of hydrogen-bond acceptors (Lipinski definition) is 8. The molecule has 200 valence electrons. The van der Waals surface area contributed by atoms with Crippen LogP contribution >= 0.6 is 46.4 Å². The summed E-state index contributed by atoms with van der Waals surface area (Å²) in [5.41, 5.74) is 9.26. The maximum atomic E-state index is 13.7. The van der Waals surface area contributed by atoms with Crippen LogP contribution in [0.15, 0.2) is 60.7 Å². The van der Waals surface area contributed by atoms with Crippen molar-refractivity contribution in [1.82, 2.24) is 15.3 Å². The molecule has 0 spiro atoms. The number of anilines is 3. The number of nitriles is 1. The molecule has 2 aromatic carbocycles. The molecule has 39 heavy (non-hydrogen) atoms. The highest BCUT2D eigenvalue weighted by atomic mass is 35.5. The zero-order chi connectivity index (χ0) is 28.1. The van der Waals surface area contributed by atoms with Gasteiger partial charge in [0.05, 0.1) is 50.2 Å². The Labute approximate surface area is 243 Å². The van der Waals surface area contributed by atoms with Crippen molar-refractivity contribution in [3.8, 4) is 6.07 Å². The molecule has 0 aliphatic rings. The molecule has 0 radical (unpaired) electrons. The third kappa shape index (κ3) is 6.56. The number of pyridine rings is 2. The highest BCUT2D eigenvalue weighted by Crippen LogP contribution is 2.37. The van der Waals surface area contributed by atoms with Crippen LogP contribution in [0.3, 0.4) is 0 Å². The van der Waals surface area contributed by atoms with Crippen molar-refractivity contribution < 1.29 is 9.50 Å². The predicted molar refractivity (Wildman–Crippen MR) is 154 cm³/mol. The van der Waals surface area contributed by atoms with E-state index < -0.39 is 11.9 Å². The average Bonchev–Trinajstić information content (AvgIpc) is 2.90. The van der Waals surface area contributed by atoms with Crippen LogP contribution < -0.4 is 21.7 Å². The fraction of sp³-hybridized carbons (Fsp3) is 0.115. The molecule has 0 unspecified atom stereocenters. The van der Waals surface area contributed by atoms with E-state index >= 15 is 0 Å². The Hall–Kier alpha value is -3.52. The monoisotopic (exact) mass is 605 g/mol. The van der Waals surface area contributed by atoms with Crippen molar-refractivity contribution in [3.63, 3.8) is 0 Å². The molecule has 4 rings (SSSR count). The predicted octanol–water partition coefficient (Wildman–Crippen LogP) is 6.53. The van der Waals surface area contributed by atoms with Gasteiger partial charge in [-0.2, -0.15) is 5.26 Å². The lowest BCUT2D eigenvalue weighted by Crippen LogP contribution is -2.23. The number of nitrogens with two attached hydrogens (primary N) is 1. The number of aliphatic hydroxyl groups is 1. The van der Waals surface area contributed by atoms with E-state index in [2.05, 4.69) is 32.0 Å². The Morgan fingerprint density at radius 2 is 1.82 bits per heavy atom. The smallest absolute Gasteiger partial charge is 0.141 e. The van der Waals surface area contributed by atoms with E-state index in [0.717, 1.165) is 0 Å². The number of nitrogens with one attached hydrogen (secondary N) is 3. The van der Waals surface area contributed by atoms with Gasteiger partial charge in [-0.15, -0.1) is 0 Å². The number of benzene rings is 2. The minimum Gasteiger partial charge on any atom is -0.399 e. The number of rotatable bonds is 9. The van der Waals surface area contributed by atoms with Crippen molar-refractivity contribution in [1.29, 1.82) is 5.26 Å².